The van der Waals surface area contributed by atoms with Gasteiger partial charge in [-0.15, -0.1) is 0 Å². The number of aliphatic carboxylic acids is 2. The Kier molecular flexibility index (Phi) is 3.06. The van der Waals surface area contributed by atoms with Crippen LogP contribution in [0.3, 0.4) is 0 Å². The maximum atomic E-state index is 11.0. The first-order chi connectivity index (χ1) is 6.52. The molecule has 6 heteroatoms. The second kappa shape index (κ2) is 4.08. The molecule has 1 unspecified atom stereocenters. The number of carboxylic acids is 2. The van der Waals surface area contributed by atoms with Crippen molar-refractivity contribution in [3.63, 3.8) is 0 Å². The van der Waals surface area contributed by atoms with Crippen LogP contribution >= 0.6 is 0 Å². The quantitative estimate of drug-likeness (QED) is 0.552. The van der Waals surface area contributed by atoms with Gasteiger partial charge in [-0.2, -0.15) is 0 Å². The average molecular weight is 201 g/mol. The van der Waals surface area contributed by atoms with E-state index < -0.39 is 23.8 Å². The Morgan fingerprint density at radius 3 is 2.36 bits per heavy atom. The number of rotatable bonds is 1. The molecule has 1 atom stereocenters. The summed E-state index contributed by atoms with van der Waals surface area (Å²) >= 11 is 0. The van der Waals surface area contributed by atoms with Crippen LogP contribution in [0.2, 0.25) is 0 Å². The van der Waals surface area contributed by atoms with E-state index in [0.29, 0.717) is 19.4 Å². The van der Waals surface area contributed by atoms with Crippen LogP contribution in [0.15, 0.2) is 0 Å². The predicted molar refractivity (Wildman–Crippen MR) is 44.6 cm³/mol. The molecular formula is C8H11NO5. The van der Waals surface area contributed by atoms with Gasteiger partial charge in [0.15, 0.2) is 0 Å². The molecule has 0 aromatic rings. The minimum absolute atomic E-state index is 0.000463. The normalized spacial score (nSPS) is 21.7. The van der Waals surface area contributed by atoms with Gasteiger partial charge in [0.1, 0.15) is 0 Å². The van der Waals surface area contributed by atoms with E-state index in [1.54, 1.807) is 0 Å². The van der Waals surface area contributed by atoms with Crippen LogP contribution in [-0.4, -0.2) is 46.0 Å². The fraction of sp³-hybridized carbons (Fsp3) is 0.625. The second-order valence-corrected chi connectivity index (χ2v) is 3.23. The second-order valence-electron chi connectivity index (χ2n) is 3.23. The van der Waals surface area contributed by atoms with Gasteiger partial charge in [0.25, 0.3) is 0 Å². The van der Waals surface area contributed by atoms with Crippen LogP contribution < -0.4 is 0 Å². The molecule has 1 fully saturated rings. The van der Waals surface area contributed by atoms with Crippen molar-refractivity contribution in [1.82, 2.24) is 4.90 Å². The molecule has 1 aliphatic rings. The Balaban J connectivity index is 2.60. The summed E-state index contributed by atoms with van der Waals surface area (Å²) in [5, 5.41) is 17.1. The minimum Gasteiger partial charge on any atom is -0.481 e. The summed E-state index contributed by atoms with van der Waals surface area (Å²) in [4.78, 5) is 33.0. The van der Waals surface area contributed by atoms with Crippen molar-refractivity contribution in [2.75, 3.05) is 13.1 Å². The first kappa shape index (κ1) is 10.5. The highest BCUT2D eigenvalue weighted by Gasteiger charge is 2.30. The summed E-state index contributed by atoms with van der Waals surface area (Å²) < 4.78 is 0. The summed E-state index contributed by atoms with van der Waals surface area (Å²) in [5.41, 5.74) is 0. The fourth-order valence-electron chi connectivity index (χ4n) is 1.50. The predicted octanol–water partition coefficient (Wildman–Crippen LogP) is -0.606. The Labute approximate surface area is 80.1 Å². The van der Waals surface area contributed by atoms with Crippen LogP contribution in [0.1, 0.15) is 12.8 Å². The summed E-state index contributed by atoms with van der Waals surface area (Å²) in [6.45, 7) is 0.329. The zero-order valence-corrected chi connectivity index (χ0v) is 7.47. The smallest absolute Gasteiger partial charge is 0.394 e. The first-order valence-electron chi connectivity index (χ1n) is 4.27. The lowest BCUT2D eigenvalue weighted by molar-refractivity contribution is -0.158. The summed E-state index contributed by atoms with van der Waals surface area (Å²) in [6, 6.07) is 0. The van der Waals surface area contributed by atoms with Gasteiger partial charge in [-0.25, -0.2) is 4.79 Å². The molecule has 1 rings (SSSR count). The van der Waals surface area contributed by atoms with Gasteiger partial charge in [0, 0.05) is 13.1 Å². The van der Waals surface area contributed by atoms with Gasteiger partial charge in [-0.1, -0.05) is 0 Å². The van der Waals surface area contributed by atoms with E-state index >= 15 is 0 Å². The molecule has 2 N–H and O–H groups in total. The molecule has 14 heavy (non-hydrogen) atoms. The maximum absolute atomic E-state index is 11.0. The van der Waals surface area contributed by atoms with Crippen LogP contribution in [0.4, 0.5) is 0 Å². The number of carboxylic acid groups (broad SMARTS) is 2. The molecule has 1 aliphatic heterocycles. The molecule has 0 aromatic heterocycles. The molecule has 0 aliphatic carbocycles. The summed E-state index contributed by atoms with van der Waals surface area (Å²) in [6.07, 6.45) is 1.04. The van der Waals surface area contributed by atoms with Crippen LogP contribution in [0.25, 0.3) is 0 Å². The fourth-order valence-corrected chi connectivity index (χ4v) is 1.50. The zero-order chi connectivity index (χ0) is 10.7. The standard InChI is InChI=1S/C8H11NO5/c10-6(8(13)14)9-3-1-2-5(4-9)7(11)12/h5H,1-4H2,(H,11,12)(H,13,14). The van der Waals surface area contributed by atoms with Crippen LogP contribution in [-0.2, 0) is 14.4 Å². The number of carbonyl (C=O) groups is 3. The number of piperidine rings is 1. The number of amides is 1. The molecule has 0 saturated carbocycles. The maximum Gasteiger partial charge on any atom is 0.394 e. The molecular weight excluding hydrogens is 190 g/mol. The molecule has 1 amide bonds. The first-order valence-corrected chi connectivity index (χ1v) is 4.27. The van der Waals surface area contributed by atoms with E-state index in [0.717, 1.165) is 4.90 Å². The Morgan fingerprint density at radius 1 is 1.21 bits per heavy atom. The average Bonchev–Trinajstić information content (AvgIpc) is 2.16. The lowest BCUT2D eigenvalue weighted by Gasteiger charge is -2.29. The Hall–Kier alpha value is -1.59. The molecule has 0 aromatic carbocycles. The van der Waals surface area contributed by atoms with Gasteiger partial charge in [0.05, 0.1) is 5.92 Å². The molecule has 0 radical (unpaired) electrons. The highest BCUT2D eigenvalue weighted by Crippen LogP contribution is 2.16. The molecule has 0 bridgehead atoms. The third-order valence-corrected chi connectivity index (χ3v) is 2.24. The number of carbonyl (C=O) groups excluding carboxylic acids is 1. The monoisotopic (exact) mass is 201 g/mol. The number of hydrogen-bond donors (Lipinski definition) is 2. The van der Waals surface area contributed by atoms with E-state index in [1.807, 2.05) is 0 Å². The van der Waals surface area contributed by atoms with Crippen LogP contribution in [0.5, 0.6) is 0 Å². The minimum atomic E-state index is -1.53. The van der Waals surface area contributed by atoms with Crippen molar-refractivity contribution in [2.45, 2.75) is 12.8 Å². The van der Waals surface area contributed by atoms with Gasteiger partial charge < -0.3 is 15.1 Å². The van der Waals surface area contributed by atoms with Crippen molar-refractivity contribution < 1.29 is 24.6 Å². The van der Waals surface area contributed by atoms with Gasteiger partial charge in [0.2, 0.25) is 0 Å². The van der Waals surface area contributed by atoms with Crippen molar-refractivity contribution in [3.8, 4) is 0 Å². The highest BCUT2D eigenvalue weighted by atomic mass is 16.4. The van der Waals surface area contributed by atoms with Crippen molar-refractivity contribution in [1.29, 1.82) is 0 Å². The number of nitrogens with zero attached hydrogens (tertiary/aromatic N) is 1. The third kappa shape index (κ3) is 2.21. The van der Waals surface area contributed by atoms with E-state index in [9.17, 15) is 14.4 Å². The molecule has 6 nitrogen and oxygen atoms in total. The number of hydrogen-bond acceptors (Lipinski definition) is 3. The van der Waals surface area contributed by atoms with Crippen molar-refractivity contribution in [3.05, 3.63) is 0 Å². The Bertz CT molecular complexity index is 275. The highest BCUT2D eigenvalue weighted by molar-refractivity contribution is 6.31. The van der Waals surface area contributed by atoms with E-state index in [4.69, 9.17) is 10.2 Å². The zero-order valence-electron chi connectivity index (χ0n) is 7.47. The van der Waals surface area contributed by atoms with Crippen molar-refractivity contribution >= 4 is 17.8 Å². The van der Waals surface area contributed by atoms with E-state index in [2.05, 4.69) is 0 Å². The molecule has 78 valence electrons. The lowest BCUT2D eigenvalue weighted by atomic mass is 9.98. The summed E-state index contributed by atoms with van der Waals surface area (Å²) in [7, 11) is 0. The number of likely N-dealkylation sites (tertiary alicyclic amines) is 1. The van der Waals surface area contributed by atoms with Crippen LogP contribution in [0, 0.1) is 5.92 Å². The van der Waals surface area contributed by atoms with Gasteiger partial charge in [-0.05, 0) is 12.8 Å². The third-order valence-electron chi connectivity index (χ3n) is 2.24. The van der Waals surface area contributed by atoms with Gasteiger partial charge >= 0.3 is 17.8 Å². The summed E-state index contributed by atoms with van der Waals surface area (Å²) in [5.74, 6) is -4.16. The van der Waals surface area contributed by atoms with Crippen molar-refractivity contribution in [2.24, 2.45) is 5.92 Å². The molecule has 1 saturated heterocycles. The Morgan fingerprint density at radius 2 is 1.86 bits per heavy atom. The van der Waals surface area contributed by atoms with Gasteiger partial charge in [-0.3, -0.25) is 9.59 Å². The lowest BCUT2D eigenvalue weighted by Crippen LogP contribution is -2.45. The molecule has 0 spiro atoms. The SMILES string of the molecule is O=C(O)C(=O)N1CCCC(C(=O)O)C1. The molecule has 1 heterocycles. The topological polar surface area (TPSA) is 94.9 Å². The van der Waals surface area contributed by atoms with E-state index in [-0.39, 0.29) is 6.54 Å². The van der Waals surface area contributed by atoms with E-state index in [1.165, 1.54) is 0 Å². The largest absolute Gasteiger partial charge is 0.481 e.